The summed E-state index contributed by atoms with van der Waals surface area (Å²) in [6.45, 7) is 1.95. The molecule has 1 amide bonds. The number of amides is 1. The molecule has 0 aliphatic heterocycles. The van der Waals surface area contributed by atoms with Crippen molar-refractivity contribution >= 4 is 38.3 Å². The molecular formula is C16H15N5OS. The lowest BCUT2D eigenvalue weighted by atomic mass is 10.2. The maximum atomic E-state index is 11.9. The van der Waals surface area contributed by atoms with Gasteiger partial charge in [0.05, 0.1) is 22.5 Å². The minimum atomic E-state index is -0.224. The third kappa shape index (κ3) is 3.89. The highest BCUT2D eigenvalue weighted by atomic mass is 32.1. The van der Waals surface area contributed by atoms with Gasteiger partial charge >= 0.3 is 0 Å². The number of hydrazone groups is 1. The van der Waals surface area contributed by atoms with Crippen LogP contribution in [0.3, 0.4) is 0 Å². The molecule has 6 nitrogen and oxygen atoms in total. The molecular weight excluding hydrogens is 310 g/mol. The topological polar surface area (TPSA) is 79.3 Å². The van der Waals surface area contributed by atoms with E-state index in [0.29, 0.717) is 0 Å². The Kier molecular flexibility index (Phi) is 4.58. The van der Waals surface area contributed by atoms with Crippen LogP contribution in [0.2, 0.25) is 0 Å². The number of hydrogen-bond donors (Lipinski definition) is 2. The predicted octanol–water partition coefficient (Wildman–Crippen LogP) is 2.64. The molecule has 0 radical (unpaired) electrons. The fourth-order valence-corrected chi connectivity index (χ4v) is 2.81. The first-order valence-electron chi connectivity index (χ1n) is 7.05. The van der Waals surface area contributed by atoms with E-state index in [2.05, 4.69) is 25.8 Å². The van der Waals surface area contributed by atoms with Gasteiger partial charge in [-0.3, -0.25) is 9.78 Å². The van der Waals surface area contributed by atoms with Crippen molar-refractivity contribution in [1.82, 2.24) is 15.4 Å². The molecule has 3 rings (SSSR count). The van der Waals surface area contributed by atoms with Crippen LogP contribution < -0.4 is 10.7 Å². The van der Waals surface area contributed by atoms with Crippen LogP contribution in [0.4, 0.5) is 5.13 Å². The molecule has 3 aromatic rings. The van der Waals surface area contributed by atoms with Gasteiger partial charge in [-0.25, -0.2) is 10.4 Å². The predicted molar refractivity (Wildman–Crippen MR) is 92.7 cm³/mol. The van der Waals surface area contributed by atoms with Gasteiger partial charge in [0.15, 0.2) is 5.13 Å². The molecule has 23 heavy (non-hydrogen) atoms. The fourth-order valence-electron chi connectivity index (χ4n) is 1.95. The minimum Gasteiger partial charge on any atom is -0.352 e. The van der Waals surface area contributed by atoms with Crippen LogP contribution in [0, 0.1) is 0 Å². The summed E-state index contributed by atoms with van der Waals surface area (Å²) >= 11 is 1.52. The van der Waals surface area contributed by atoms with Crippen molar-refractivity contribution in [2.75, 3.05) is 11.9 Å². The van der Waals surface area contributed by atoms with Crippen molar-refractivity contribution in [3.05, 3.63) is 54.4 Å². The Morgan fingerprint density at radius 2 is 2.00 bits per heavy atom. The van der Waals surface area contributed by atoms with E-state index in [1.807, 2.05) is 43.3 Å². The molecule has 0 aliphatic carbocycles. The Labute approximate surface area is 137 Å². The maximum absolute atomic E-state index is 11.9. The van der Waals surface area contributed by atoms with Crippen LogP contribution in [0.25, 0.3) is 10.2 Å². The van der Waals surface area contributed by atoms with Gasteiger partial charge in [-0.05, 0) is 31.2 Å². The fraction of sp³-hybridized carbons (Fsp3) is 0.125. The van der Waals surface area contributed by atoms with E-state index in [4.69, 9.17) is 0 Å². The number of hydrogen-bond acceptors (Lipinski definition) is 6. The zero-order valence-electron chi connectivity index (χ0n) is 12.5. The van der Waals surface area contributed by atoms with E-state index in [9.17, 15) is 4.79 Å². The number of benzene rings is 1. The Bertz CT molecular complexity index is 811. The van der Waals surface area contributed by atoms with Gasteiger partial charge in [-0.2, -0.15) is 5.10 Å². The second-order valence-electron chi connectivity index (χ2n) is 4.81. The van der Waals surface area contributed by atoms with E-state index in [1.165, 1.54) is 11.3 Å². The second kappa shape index (κ2) is 6.97. The largest absolute Gasteiger partial charge is 0.352 e. The molecule has 2 heterocycles. The van der Waals surface area contributed by atoms with Crippen molar-refractivity contribution in [3.63, 3.8) is 0 Å². The molecule has 0 saturated heterocycles. The SMILES string of the molecule is C/C(=N/NC(=O)CNc1nc2ccccc2s1)c1ccncc1. The number of fused-ring (bicyclic) bond motifs is 1. The van der Waals surface area contributed by atoms with Gasteiger partial charge < -0.3 is 5.32 Å². The molecule has 0 bridgehead atoms. The third-order valence-electron chi connectivity index (χ3n) is 3.14. The van der Waals surface area contributed by atoms with Crippen LogP contribution in [0.5, 0.6) is 0 Å². The zero-order chi connectivity index (χ0) is 16.1. The van der Waals surface area contributed by atoms with Crippen molar-refractivity contribution in [1.29, 1.82) is 0 Å². The average molecular weight is 325 g/mol. The van der Waals surface area contributed by atoms with E-state index in [1.54, 1.807) is 12.4 Å². The summed E-state index contributed by atoms with van der Waals surface area (Å²) in [6, 6.07) is 11.5. The van der Waals surface area contributed by atoms with Gasteiger partial charge in [0.2, 0.25) is 0 Å². The van der Waals surface area contributed by atoms with Crippen molar-refractivity contribution in [2.24, 2.45) is 5.10 Å². The van der Waals surface area contributed by atoms with Crippen LogP contribution in [-0.2, 0) is 4.79 Å². The summed E-state index contributed by atoms with van der Waals surface area (Å²) in [6.07, 6.45) is 3.37. The average Bonchev–Trinajstić information content (AvgIpc) is 3.01. The van der Waals surface area contributed by atoms with Gasteiger partial charge in [0, 0.05) is 18.0 Å². The first kappa shape index (κ1) is 15.1. The number of aromatic nitrogens is 2. The lowest BCUT2D eigenvalue weighted by Gasteiger charge is -2.03. The number of thiazole rings is 1. The van der Waals surface area contributed by atoms with Gasteiger partial charge in [0.25, 0.3) is 5.91 Å². The smallest absolute Gasteiger partial charge is 0.259 e. The molecule has 0 saturated carbocycles. The van der Waals surface area contributed by atoms with Crippen LogP contribution >= 0.6 is 11.3 Å². The molecule has 0 unspecified atom stereocenters. The normalized spacial score (nSPS) is 11.4. The molecule has 0 aliphatic rings. The summed E-state index contributed by atoms with van der Waals surface area (Å²) < 4.78 is 1.09. The molecule has 0 atom stereocenters. The van der Waals surface area contributed by atoms with Crippen LogP contribution in [0.15, 0.2) is 53.9 Å². The maximum Gasteiger partial charge on any atom is 0.259 e. The quantitative estimate of drug-likeness (QED) is 0.558. The van der Waals surface area contributed by atoms with Crippen LogP contribution in [0.1, 0.15) is 12.5 Å². The molecule has 7 heteroatoms. The highest BCUT2D eigenvalue weighted by Gasteiger charge is 2.05. The number of nitrogens with one attached hydrogen (secondary N) is 2. The van der Waals surface area contributed by atoms with E-state index >= 15 is 0 Å². The number of para-hydroxylation sites is 1. The number of pyridine rings is 1. The zero-order valence-corrected chi connectivity index (χ0v) is 13.3. The minimum absolute atomic E-state index is 0.118. The summed E-state index contributed by atoms with van der Waals surface area (Å²) in [4.78, 5) is 20.2. The summed E-state index contributed by atoms with van der Waals surface area (Å²) in [5.41, 5.74) is 5.09. The van der Waals surface area contributed by atoms with Crippen molar-refractivity contribution in [3.8, 4) is 0 Å². The Balaban J connectivity index is 1.55. The lowest BCUT2D eigenvalue weighted by Crippen LogP contribution is -2.26. The number of anilines is 1. The Morgan fingerprint density at radius 1 is 1.22 bits per heavy atom. The highest BCUT2D eigenvalue weighted by Crippen LogP contribution is 2.24. The molecule has 116 valence electrons. The first-order valence-corrected chi connectivity index (χ1v) is 7.87. The monoisotopic (exact) mass is 325 g/mol. The highest BCUT2D eigenvalue weighted by molar-refractivity contribution is 7.22. The van der Waals surface area contributed by atoms with E-state index in [0.717, 1.165) is 26.6 Å². The summed E-state index contributed by atoms with van der Waals surface area (Å²) in [5.74, 6) is -0.224. The molecule has 0 fully saturated rings. The van der Waals surface area contributed by atoms with Crippen molar-refractivity contribution in [2.45, 2.75) is 6.92 Å². The summed E-state index contributed by atoms with van der Waals surface area (Å²) in [5, 5.41) is 7.81. The first-order chi connectivity index (χ1) is 11.2. The van der Waals surface area contributed by atoms with E-state index in [-0.39, 0.29) is 12.5 Å². The van der Waals surface area contributed by atoms with Crippen molar-refractivity contribution < 1.29 is 4.79 Å². The van der Waals surface area contributed by atoms with Crippen LogP contribution in [-0.4, -0.2) is 28.1 Å². The molecule has 2 aromatic heterocycles. The Hall–Kier alpha value is -2.80. The Morgan fingerprint density at radius 3 is 2.78 bits per heavy atom. The molecule has 2 N–H and O–H groups in total. The summed E-state index contributed by atoms with van der Waals surface area (Å²) in [7, 11) is 0. The second-order valence-corrected chi connectivity index (χ2v) is 5.84. The molecule has 1 aromatic carbocycles. The third-order valence-corrected chi connectivity index (χ3v) is 4.13. The van der Waals surface area contributed by atoms with Gasteiger partial charge in [-0.15, -0.1) is 0 Å². The number of carbonyl (C=O) groups is 1. The lowest BCUT2D eigenvalue weighted by molar-refractivity contribution is -0.119. The number of nitrogens with zero attached hydrogens (tertiary/aromatic N) is 3. The molecule has 0 spiro atoms. The van der Waals surface area contributed by atoms with E-state index < -0.39 is 0 Å². The number of rotatable bonds is 5. The number of carbonyl (C=O) groups excluding carboxylic acids is 1. The van der Waals surface area contributed by atoms with Gasteiger partial charge in [0.1, 0.15) is 0 Å². The standard InChI is InChI=1S/C16H15N5OS/c1-11(12-6-8-17-9-7-12)20-21-15(22)10-18-16-19-13-4-2-3-5-14(13)23-16/h2-9H,10H2,1H3,(H,18,19)(H,21,22)/b20-11-. The van der Waals surface area contributed by atoms with Gasteiger partial charge in [-0.1, -0.05) is 23.5 Å².